The summed E-state index contributed by atoms with van der Waals surface area (Å²) in [5.74, 6) is -1.60. The summed E-state index contributed by atoms with van der Waals surface area (Å²) < 4.78 is 28.9. The zero-order valence-corrected chi connectivity index (χ0v) is 13.2. The van der Waals surface area contributed by atoms with Crippen molar-refractivity contribution >= 4 is 21.7 Å². The Morgan fingerprint density at radius 1 is 1.18 bits per heavy atom. The van der Waals surface area contributed by atoms with Crippen LogP contribution in [0.15, 0.2) is 29.2 Å². The number of hydrogen-bond donors (Lipinski definition) is 1. The highest BCUT2D eigenvalue weighted by molar-refractivity contribution is 7.92. The van der Waals surface area contributed by atoms with Crippen LogP contribution in [0.25, 0.3) is 0 Å². The highest BCUT2D eigenvalue weighted by Crippen LogP contribution is 2.18. The molecule has 0 heterocycles. The van der Waals surface area contributed by atoms with Gasteiger partial charge in [-0.05, 0) is 37.1 Å². The lowest BCUT2D eigenvalue weighted by molar-refractivity contribution is -0.119. The smallest absolute Gasteiger partial charge is 0.337 e. The number of benzene rings is 1. The van der Waals surface area contributed by atoms with Crippen molar-refractivity contribution in [1.82, 2.24) is 5.32 Å². The van der Waals surface area contributed by atoms with Crippen LogP contribution >= 0.6 is 0 Å². The minimum absolute atomic E-state index is 0.0155. The van der Waals surface area contributed by atoms with E-state index in [-0.39, 0.29) is 16.5 Å². The van der Waals surface area contributed by atoms with Gasteiger partial charge in [-0.1, -0.05) is 12.8 Å². The van der Waals surface area contributed by atoms with Crippen molar-refractivity contribution in [1.29, 1.82) is 0 Å². The van der Waals surface area contributed by atoms with Gasteiger partial charge in [-0.2, -0.15) is 0 Å². The van der Waals surface area contributed by atoms with Crippen molar-refractivity contribution < 1.29 is 22.7 Å². The first-order chi connectivity index (χ1) is 10.4. The van der Waals surface area contributed by atoms with Gasteiger partial charge in [0.25, 0.3) is 0 Å². The van der Waals surface area contributed by atoms with Gasteiger partial charge in [-0.3, -0.25) is 4.79 Å². The van der Waals surface area contributed by atoms with Crippen LogP contribution in [0.3, 0.4) is 0 Å². The predicted octanol–water partition coefficient (Wildman–Crippen LogP) is 1.31. The average Bonchev–Trinajstić information content (AvgIpc) is 2.98. The Morgan fingerprint density at radius 3 is 2.32 bits per heavy atom. The van der Waals surface area contributed by atoms with Gasteiger partial charge in [0.2, 0.25) is 5.91 Å². The summed E-state index contributed by atoms with van der Waals surface area (Å²) in [4.78, 5) is 23.2. The molecule has 1 aliphatic carbocycles. The minimum atomic E-state index is -3.71. The summed E-state index contributed by atoms with van der Waals surface area (Å²) in [6.07, 6.45) is 3.93. The van der Waals surface area contributed by atoms with E-state index < -0.39 is 27.5 Å². The van der Waals surface area contributed by atoms with E-state index in [2.05, 4.69) is 10.1 Å². The molecule has 120 valence electrons. The number of sulfone groups is 1. The van der Waals surface area contributed by atoms with Gasteiger partial charge >= 0.3 is 5.97 Å². The van der Waals surface area contributed by atoms with Crippen LogP contribution in [0.2, 0.25) is 0 Å². The van der Waals surface area contributed by atoms with Gasteiger partial charge in [0.1, 0.15) is 5.75 Å². The van der Waals surface area contributed by atoms with E-state index in [1.807, 2.05) is 0 Å². The summed E-state index contributed by atoms with van der Waals surface area (Å²) in [5.41, 5.74) is 0.261. The number of ether oxygens (including phenoxy) is 1. The first-order valence-electron chi connectivity index (χ1n) is 7.13. The third-order valence-corrected chi connectivity index (χ3v) is 5.31. The number of nitrogens with one attached hydrogen (secondary N) is 1. The largest absolute Gasteiger partial charge is 0.465 e. The van der Waals surface area contributed by atoms with Gasteiger partial charge in [0.05, 0.1) is 17.6 Å². The fourth-order valence-corrected chi connectivity index (χ4v) is 3.66. The zero-order valence-electron chi connectivity index (χ0n) is 12.4. The quantitative estimate of drug-likeness (QED) is 0.824. The highest BCUT2D eigenvalue weighted by Gasteiger charge is 2.23. The Morgan fingerprint density at radius 2 is 1.77 bits per heavy atom. The maximum atomic E-state index is 12.2. The monoisotopic (exact) mass is 325 g/mol. The summed E-state index contributed by atoms with van der Waals surface area (Å²) in [5, 5.41) is 2.75. The molecule has 0 atom stereocenters. The first kappa shape index (κ1) is 16.5. The predicted molar refractivity (Wildman–Crippen MR) is 80.2 cm³/mol. The lowest BCUT2D eigenvalue weighted by atomic mass is 10.2. The number of rotatable bonds is 5. The van der Waals surface area contributed by atoms with Crippen molar-refractivity contribution in [2.45, 2.75) is 36.6 Å². The standard InChI is InChI=1S/C15H19NO5S/c1-21-15(18)11-6-8-13(9-7-11)22(19,20)10-14(17)16-12-4-2-3-5-12/h6-9,12H,2-5,10H2,1H3,(H,16,17). The van der Waals surface area contributed by atoms with E-state index in [1.54, 1.807) is 0 Å². The second kappa shape index (κ2) is 6.91. The highest BCUT2D eigenvalue weighted by atomic mass is 32.2. The second-order valence-electron chi connectivity index (χ2n) is 5.32. The van der Waals surface area contributed by atoms with E-state index in [0.717, 1.165) is 25.7 Å². The lowest BCUT2D eigenvalue weighted by Crippen LogP contribution is -2.36. The molecule has 0 aromatic heterocycles. The van der Waals surface area contributed by atoms with E-state index in [4.69, 9.17) is 0 Å². The molecule has 7 heteroatoms. The van der Waals surface area contributed by atoms with Crippen molar-refractivity contribution in [3.8, 4) is 0 Å². The molecule has 0 radical (unpaired) electrons. The molecular formula is C15H19NO5S. The Kier molecular flexibility index (Phi) is 5.18. The SMILES string of the molecule is COC(=O)c1ccc(S(=O)(=O)CC(=O)NC2CCCC2)cc1. The molecular weight excluding hydrogens is 306 g/mol. The number of hydrogen-bond acceptors (Lipinski definition) is 5. The first-order valence-corrected chi connectivity index (χ1v) is 8.78. The van der Waals surface area contributed by atoms with Crippen molar-refractivity contribution in [2.24, 2.45) is 0 Å². The number of carbonyl (C=O) groups excluding carboxylic acids is 2. The lowest BCUT2D eigenvalue weighted by Gasteiger charge is -2.12. The van der Waals surface area contributed by atoms with Crippen molar-refractivity contribution in [3.05, 3.63) is 29.8 Å². The van der Waals surface area contributed by atoms with Gasteiger partial charge in [-0.15, -0.1) is 0 Å². The third-order valence-electron chi connectivity index (χ3n) is 3.68. The van der Waals surface area contributed by atoms with Crippen LogP contribution in [0.5, 0.6) is 0 Å². The molecule has 1 aliphatic rings. The number of amides is 1. The second-order valence-corrected chi connectivity index (χ2v) is 7.31. The van der Waals surface area contributed by atoms with Gasteiger partial charge < -0.3 is 10.1 Å². The topological polar surface area (TPSA) is 89.5 Å². The van der Waals surface area contributed by atoms with Gasteiger partial charge in [0, 0.05) is 6.04 Å². The summed E-state index contributed by atoms with van der Waals surface area (Å²) in [6.45, 7) is 0. The molecule has 1 aromatic carbocycles. The van der Waals surface area contributed by atoms with E-state index in [9.17, 15) is 18.0 Å². The average molecular weight is 325 g/mol. The van der Waals surface area contributed by atoms with Crippen LogP contribution in [0.1, 0.15) is 36.0 Å². The zero-order chi connectivity index (χ0) is 16.2. The molecule has 1 fully saturated rings. The number of methoxy groups -OCH3 is 1. The Hall–Kier alpha value is -1.89. The number of carbonyl (C=O) groups is 2. The van der Waals surface area contributed by atoms with Crippen LogP contribution < -0.4 is 5.32 Å². The fourth-order valence-electron chi connectivity index (χ4n) is 2.51. The summed E-state index contributed by atoms with van der Waals surface area (Å²) >= 11 is 0. The molecule has 1 amide bonds. The van der Waals surface area contributed by atoms with E-state index >= 15 is 0 Å². The molecule has 2 rings (SSSR count). The van der Waals surface area contributed by atoms with Crippen molar-refractivity contribution in [3.63, 3.8) is 0 Å². The molecule has 0 spiro atoms. The number of esters is 1. The molecule has 0 saturated heterocycles. The minimum Gasteiger partial charge on any atom is -0.465 e. The van der Waals surface area contributed by atoms with Crippen molar-refractivity contribution in [2.75, 3.05) is 12.9 Å². The molecule has 1 N–H and O–H groups in total. The van der Waals surface area contributed by atoms with Crippen LogP contribution in [0, 0.1) is 0 Å². The van der Waals surface area contributed by atoms with Crippen LogP contribution in [-0.4, -0.2) is 39.2 Å². The normalized spacial score (nSPS) is 15.5. The molecule has 0 bridgehead atoms. The molecule has 1 saturated carbocycles. The molecule has 22 heavy (non-hydrogen) atoms. The summed E-state index contributed by atoms with van der Waals surface area (Å²) in [7, 11) is -2.46. The fraction of sp³-hybridized carbons (Fsp3) is 0.467. The molecule has 0 aliphatic heterocycles. The van der Waals surface area contributed by atoms with Gasteiger partial charge in [-0.25, -0.2) is 13.2 Å². The van der Waals surface area contributed by atoms with Gasteiger partial charge in [0.15, 0.2) is 9.84 Å². The molecule has 0 unspecified atom stereocenters. The Bertz CT molecular complexity index is 645. The summed E-state index contributed by atoms with van der Waals surface area (Å²) in [6, 6.07) is 5.44. The van der Waals surface area contributed by atoms with Crippen LogP contribution in [-0.2, 0) is 19.4 Å². The molecule has 6 nitrogen and oxygen atoms in total. The maximum Gasteiger partial charge on any atom is 0.337 e. The Labute approximate surface area is 129 Å². The third kappa shape index (κ3) is 4.07. The Balaban J connectivity index is 2.02. The maximum absolute atomic E-state index is 12.2. The van der Waals surface area contributed by atoms with Crippen LogP contribution in [0.4, 0.5) is 0 Å². The van der Waals surface area contributed by atoms with E-state index in [0.29, 0.717) is 0 Å². The molecule has 1 aromatic rings. The van der Waals surface area contributed by atoms with E-state index in [1.165, 1.54) is 31.4 Å².